The van der Waals surface area contributed by atoms with E-state index in [1.165, 1.54) is 12.1 Å². The van der Waals surface area contributed by atoms with Crippen LogP contribution in [-0.4, -0.2) is 14.5 Å². The second-order valence-corrected chi connectivity index (χ2v) is 6.76. The van der Waals surface area contributed by atoms with Gasteiger partial charge in [0, 0.05) is 37.9 Å². The van der Waals surface area contributed by atoms with Gasteiger partial charge in [0.25, 0.3) is 0 Å². The Morgan fingerprint density at radius 2 is 1.57 bits per heavy atom. The van der Waals surface area contributed by atoms with Crippen molar-refractivity contribution in [2.24, 2.45) is 10.2 Å². The molecule has 1 N–H and O–H groups in total. The van der Waals surface area contributed by atoms with Gasteiger partial charge in [-0.1, -0.05) is 46.6 Å². The monoisotopic (exact) mass is 422 g/mol. The second kappa shape index (κ2) is 9.55. The molecule has 2 aromatic carbocycles. The van der Waals surface area contributed by atoms with Gasteiger partial charge in [0.05, 0.1) is 0 Å². The molecule has 11 heteroatoms. The third kappa shape index (κ3) is 5.13. The number of hydrogen-bond acceptors (Lipinski definition) is 5. The summed E-state index contributed by atoms with van der Waals surface area (Å²) in [5.74, 6) is -0.114. The van der Waals surface area contributed by atoms with Crippen molar-refractivity contribution < 1.29 is 17.7 Å². The maximum atomic E-state index is 12.8. The van der Waals surface area contributed by atoms with E-state index in [9.17, 15) is 9.00 Å². The number of allylic oxidation sites excluding steroid dienone is 2. The van der Waals surface area contributed by atoms with Crippen LogP contribution in [0.5, 0.6) is 5.75 Å². The molecule has 0 aromatic heterocycles. The van der Waals surface area contributed by atoms with Crippen LogP contribution in [0.3, 0.4) is 0 Å². The van der Waals surface area contributed by atoms with Gasteiger partial charge < -0.3 is 4.18 Å². The first-order valence-electron chi connectivity index (χ1n) is 8.59. The highest BCUT2D eigenvalue weighted by Gasteiger charge is 2.23. The summed E-state index contributed by atoms with van der Waals surface area (Å²) in [6.45, 7) is 0. The van der Waals surface area contributed by atoms with E-state index in [1.807, 2.05) is 0 Å². The molecule has 3 rings (SSSR count). The molecule has 1 aliphatic rings. The number of ketones is 1. The number of hydrogen-bond donors (Lipinski definition) is 1. The van der Waals surface area contributed by atoms with Crippen molar-refractivity contribution in [3.63, 3.8) is 0 Å². The topological polar surface area (TPSA) is 161 Å². The Balaban J connectivity index is 1.88. The number of Topliss-reactive ketones (excluding diaryl/α,β-unsaturated/α-hetero) is 1. The molecular weight excluding hydrogens is 408 g/mol. The largest absolute Gasteiger partial charge is 0.379 e. The lowest BCUT2D eigenvalue weighted by Crippen LogP contribution is -2.00. The van der Waals surface area contributed by atoms with Crippen LogP contribution in [0.25, 0.3) is 33.0 Å². The predicted molar refractivity (Wildman–Crippen MR) is 112 cm³/mol. The standard InChI is InChI=1S/C19H14N6O4S/c20-24-22-16-6-1-12(2-7-16)9-14-3-4-15(19(14)26)10-13-5-8-17(23-25-21)11-18(13)29-30(27)28/h1-2,5-11H,3-4H2,(H,27,28). The zero-order chi connectivity index (χ0) is 21.5. The van der Waals surface area contributed by atoms with Gasteiger partial charge in [-0.15, -0.1) is 0 Å². The third-order valence-corrected chi connectivity index (χ3v) is 4.61. The summed E-state index contributed by atoms with van der Waals surface area (Å²) in [5.41, 5.74) is 20.0. The molecule has 1 saturated carbocycles. The maximum Gasteiger partial charge on any atom is 0.357 e. The molecule has 1 fully saturated rings. The summed E-state index contributed by atoms with van der Waals surface area (Å²) < 4.78 is 25.0. The molecule has 1 unspecified atom stereocenters. The number of carbonyl (C=O) groups is 1. The van der Waals surface area contributed by atoms with Crippen LogP contribution in [0, 0.1) is 0 Å². The van der Waals surface area contributed by atoms with Gasteiger partial charge in [-0.3, -0.25) is 9.35 Å². The van der Waals surface area contributed by atoms with Crippen LogP contribution in [0.15, 0.2) is 63.8 Å². The van der Waals surface area contributed by atoms with E-state index in [4.69, 9.17) is 19.8 Å². The van der Waals surface area contributed by atoms with Crippen molar-refractivity contribution in [1.82, 2.24) is 0 Å². The highest BCUT2D eigenvalue weighted by Crippen LogP contribution is 2.33. The molecule has 0 heterocycles. The molecule has 2 aromatic rings. The zero-order valence-corrected chi connectivity index (χ0v) is 16.2. The molecule has 0 radical (unpaired) electrons. The first-order chi connectivity index (χ1) is 14.5. The normalized spacial score (nSPS) is 16.8. The Hall–Kier alpha value is -3.88. The molecule has 0 saturated heterocycles. The van der Waals surface area contributed by atoms with Crippen molar-refractivity contribution in [2.45, 2.75) is 12.8 Å². The summed E-state index contributed by atoms with van der Waals surface area (Å²) in [4.78, 5) is 18.2. The van der Waals surface area contributed by atoms with Crippen LogP contribution in [-0.2, 0) is 16.2 Å². The van der Waals surface area contributed by atoms with E-state index in [0.717, 1.165) is 5.56 Å². The van der Waals surface area contributed by atoms with Crippen molar-refractivity contribution in [1.29, 1.82) is 0 Å². The van der Waals surface area contributed by atoms with Crippen LogP contribution in [0.2, 0.25) is 0 Å². The predicted octanol–water partition coefficient (Wildman–Crippen LogP) is 5.92. The van der Waals surface area contributed by atoms with Crippen molar-refractivity contribution in [3.05, 3.63) is 85.6 Å². The summed E-state index contributed by atoms with van der Waals surface area (Å²) in [7, 11) is 0. The van der Waals surface area contributed by atoms with E-state index in [-0.39, 0.29) is 17.2 Å². The molecule has 0 spiro atoms. The Labute approximate surface area is 173 Å². The molecule has 150 valence electrons. The molecule has 1 atom stereocenters. The average molecular weight is 422 g/mol. The van der Waals surface area contributed by atoms with Gasteiger partial charge in [0.15, 0.2) is 5.78 Å². The highest BCUT2D eigenvalue weighted by molar-refractivity contribution is 7.74. The lowest BCUT2D eigenvalue weighted by molar-refractivity contribution is -0.111. The SMILES string of the molecule is [N-]=[N+]=Nc1ccc(C=C2CCC(=Cc3ccc(N=[N+]=[N-])cc3OS(=O)O)C2=O)cc1. The van der Waals surface area contributed by atoms with Gasteiger partial charge in [0.1, 0.15) is 5.75 Å². The van der Waals surface area contributed by atoms with E-state index in [2.05, 4.69) is 20.1 Å². The molecule has 10 nitrogen and oxygen atoms in total. The van der Waals surface area contributed by atoms with Crippen molar-refractivity contribution in [2.75, 3.05) is 0 Å². The average Bonchev–Trinajstić information content (AvgIpc) is 3.05. The van der Waals surface area contributed by atoms with Gasteiger partial charge in [-0.05, 0) is 47.7 Å². The van der Waals surface area contributed by atoms with Gasteiger partial charge >= 0.3 is 11.4 Å². The molecule has 0 aliphatic heterocycles. The van der Waals surface area contributed by atoms with E-state index in [1.54, 1.807) is 42.5 Å². The van der Waals surface area contributed by atoms with Crippen LogP contribution in [0.1, 0.15) is 24.0 Å². The van der Waals surface area contributed by atoms with E-state index >= 15 is 0 Å². The first-order valence-corrected chi connectivity index (χ1v) is 9.62. The number of rotatable bonds is 6. The first kappa shape index (κ1) is 20.8. The molecule has 0 bridgehead atoms. The minimum Gasteiger partial charge on any atom is -0.379 e. The highest BCUT2D eigenvalue weighted by atomic mass is 32.2. The Morgan fingerprint density at radius 1 is 0.967 bits per heavy atom. The van der Waals surface area contributed by atoms with Gasteiger partial charge in [-0.25, -0.2) is 0 Å². The fourth-order valence-electron chi connectivity index (χ4n) is 2.96. The Bertz CT molecular complexity index is 1180. The number of carbonyl (C=O) groups excluding carboxylic acids is 1. The fourth-order valence-corrected chi connectivity index (χ4v) is 3.26. The summed E-state index contributed by atoms with van der Waals surface area (Å²) >= 11 is -2.58. The number of benzene rings is 2. The number of nitrogens with zero attached hydrogens (tertiary/aromatic N) is 6. The maximum absolute atomic E-state index is 12.8. The van der Waals surface area contributed by atoms with Gasteiger partial charge in [-0.2, -0.15) is 4.21 Å². The minimum atomic E-state index is -2.58. The molecule has 0 amide bonds. The third-order valence-electron chi connectivity index (χ3n) is 4.29. The van der Waals surface area contributed by atoms with Crippen LogP contribution >= 0.6 is 0 Å². The van der Waals surface area contributed by atoms with Gasteiger partial charge in [0.2, 0.25) is 0 Å². The van der Waals surface area contributed by atoms with Crippen molar-refractivity contribution in [3.8, 4) is 5.75 Å². The van der Waals surface area contributed by atoms with E-state index in [0.29, 0.717) is 35.2 Å². The van der Waals surface area contributed by atoms with E-state index < -0.39 is 11.4 Å². The molecular formula is C19H14N6O4S. The Kier molecular flexibility index (Phi) is 6.63. The fraction of sp³-hybridized carbons (Fsp3) is 0.105. The van der Waals surface area contributed by atoms with Crippen LogP contribution in [0.4, 0.5) is 11.4 Å². The summed E-state index contributed by atoms with van der Waals surface area (Å²) in [6.07, 6.45) is 4.41. The summed E-state index contributed by atoms with van der Waals surface area (Å²) in [5, 5.41) is 6.94. The smallest absolute Gasteiger partial charge is 0.357 e. The molecule has 30 heavy (non-hydrogen) atoms. The lowest BCUT2D eigenvalue weighted by Gasteiger charge is -2.06. The van der Waals surface area contributed by atoms with Crippen molar-refractivity contribution >= 4 is 40.7 Å². The minimum absolute atomic E-state index is 0.0205. The summed E-state index contributed by atoms with van der Waals surface area (Å²) in [6, 6.07) is 11.2. The second-order valence-electron chi connectivity index (χ2n) is 6.16. The Morgan fingerprint density at radius 3 is 2.20 bits per heavy atom. The quantitative estimate of drug-likeness (QED) is 0.201. The molecule has 1 aliphatic carbocycles. The number of azide groups is 2. The van der Waals surface area contributed by atoms with Crippen LogP contribution < -0.4 is 4.18 Å². The zero-order valence-electron chi connectivity index (χ0n) is 15.4. The lowest BCUT2D eigenvalue weighted by atomic mass is 10.1.